The number of benzene rings is 1. The summed E-state index contributed by atoms with van der Waals surface area (Å²) in [5, 5.41) is 5.21. The van der Waals surface area contributed by atoms with Crippen LogP contribution < -0.4 is 9.47 Å². The number of allylic oxidation sites excluding steroid dienone is 2. The third-order valence-electron chi connectivity index (χ3n) is 5.96. The number of rotatable bonds is 7. The number of fused-ring (bicyclic) bond motifs is 5. The summed E-state index contributed by atoms with van der Waals surface area (Å²) in [6.45, 7) is 3.78. The van der Waals surface area contributed by atoms with E-state index in [1.54, 1.807) is 19.1 Å². The van der Waals surface area contributed by atoms with E-state index in [0.717, 1.165) is 11.4 Å². The second kappa shape index (κ2) is 8.45. The maximum atomic E-state index is 12.8. The molecule has 2 fully saturated rings. The fourth-order valence-electron chi connectivity index (χ4n) is 4.54. The smallest absolute Gasteiger partial charge is 0.346 e. The second-order valence-electron chi connectivity index (χ2n) is 7.77. The Kier molecular flexibility index (Phi) is 5.88. The van der Waals surface area contributed by atoms with Crippen molar-refractivity contribution in [1.82, 2.24) is 5.01 Å². The zero-order chi connectivity index (χ0) is 22.3. The van der Waals surface area contributed by atoms with Crippen molar-refractivity contribution in [2.24, 2.45) is 28.8 Å². The van der Waals surface area contributed by atoms with E-state index >= 15 is 0 Å². The first-order valence-corrected chi connectivity index (χ1v) is 11.0. The molecule has 9 heteroatoms. The number of hydrogen-bond acceptors (Lipinski definition) is 7. The molecule has 4 rings (SSSR count). The summed E-state index contributed by atoms with van der Waals surface area (Å²) in [5.41, 5.74) is 0.597. The number of nitrogens with zero attached hydrogens (tertiary/aromatic N) is 2. The number of ether oxygens (including phenoxy) is 3. The number of methoxy groups -OCH3 is 1. The Morgan fingerprint density at radius 2 is 1.87 bits per heavy atom. The summed E-state index contributed by atoms with van der Waals surface area (Å²) in [4.78, 5) is 37.3. The van der Waals surface area contributed by atoms with E-state index in [1.807, 2.05) is 19.1 Å². The molecule has 5 atom stereocenters. The van der Waals surface area contributed by atoms with Crippen molar-refractivity contribution in [3.05, 3.63) is 34.3 Å². The molecule has 0 aromatic heterocycles. The van der Waals surface area contributed by atoms with Gasteiger partial charge in [0.1, 0.15) is 0 Å². The molecule has 1 aromatic rings. The normalized spacial score (nSPS) is 27.2. The maximum absolute atomic E-state index is 12.8. The monoisotopic (exact) mass is 490 g/mol. The lowest BCUT2D eigenvalue weighted by Crippen LogP contribution is -2.28. The number of carbonyl (C=O) groups excluding carboxylic acids is 3. The summed E-state index contributed by atoms with van der Waals surface area (Å²) >= 11 is 3.45. The molecule has 3 aliphatic rings. The van der Waals surface area contributed by atoms with Gasteiger partial charge in [0.2, 0.25) is 0 Å². The van der Waals surface area contributed by atoms with E-state index in [1.165, 1.54) is 13.3 Å². The molecular formula is C22H23BrN2O6. The minimum atomic E-state index is -0.821. The standard InChI is InChI=1S/C22H23BrN2O6/c1-4-30-16-8-14(15(23)9-17(16)31-11(2)22(28)29-3)10-24-25-20(26)18-12-5-6-13(7-12)19(18)21(25)27/h5-6,8-13,18-19H,4,7H2,1-3H3/t11-,12-,13-,18-,19+/m0/s1. The van der Waals surface area contributed by atoms with Gasteiger partial charge in [0.25, 0.3) is 11.8 Å². The Morgan fingerprint density at radius 1 is 1.23 bits per heavy atom. The van der Waals surface area contributed by atoms with Crippen LogP contribution in [0.4, 0.5) is 0 Å². The molecule has 0 radical (unpaired) electrons. The Bertz CT molecular complexity index is 960. The van der Waals surface area contributed by atoms with E-state index in [2.05, 4.69) is 21.0 Å². The molecule has 0 unspecified atom stereocenters. The highest BCUT2D eigenvalue weighted by Gasteiger charge is 2.59. The van der Waals surface area contributed by atoms with Gasteiger partial charge in [-0.2, -0.15) is 10.1 Å². The molecule has 0 spiro atoms. The quantitative estimate of drug-likeness (QED) is 0.252. The molecule has 8 nitrogen and oxygen atoms in total. The van der Waals surface area contributed by atoms with Crippen LogP contribution in [0.3, 0.4) is 0 Å². The number of hydrazone groups is 1. The average Bonchev–Trinajstić information content (AvgIpc) is 3.43. The van der Waals surface area contributed by atoms with Gasteiger partial charge in [-0.15, -0.1) is 0 Å². The molecule has 1 aliphatic heterocycles. The number of amides is 2. The SMILES string of the molecule is CCOc1cc(C=NN2C(=O)[C@@H]3[C@H](C2=O)[C@H]2C=C[C@H]3C2)c(Br)cc1O[C@@H](C)C(=O)OC. The van der Waals surface area contributed by atoms with Crippen molar-refractivity contribution >= 4 is 39.9 Å². The van der Waals surface area contributed by atoms with Gasteiger partial charge in [-0.05, 0) is 60.2 Å². The number of hydrogen-bond donors (Lipinski definition) is 0. The first-order valence-electron chi connectivity index (χ1n) is 10.2. The Labute approximate surface area is 188 Å². The molecule has 2 aliphatic carbocycles. The molecule has 164 valence electrons. The van der Waals surface area contributed by atoms with E-state index in [4.69, 9.17) is 14.2 Å². The number of carbonyl (C=O) groups is 3. The molecule has 2 bridgehead atoms. The first-order chi connectivity index (χ1) is 14.8. The predicted molar refractivity (Wildman–Crippen MR) is 115 cm³/mol. The van der Waals surface area contributed by atoms with Crippen LogP contribution in [0.1, 0.15) is 25.8 Å². The summed E-state index contributed by atoms with van der Waals surface area (Å²) in [6, 6.07) is 3.33. The van der Waals surface area contributed by atoms with Crippen LogP contribution in [0.2, 0.25) is 0 Å². The van der Waals surface area contributed by atoms with Gasteiger partial charge in [-0.25, -0.2) is 4.79 Å². The van der Waals surface area contributed by atoms with Crippen LogP contribution >= 0.6 is 15.9 Å². The van der Waals surface area contributed by atoms with Crippen LogP contribution in [-0.4, -0.2) is 48.8 Å². The third-order valence-corrected chi connectivity index (χ3v) is 6.65. The molecule has 1 heterocycles. The third kappa shape index (κ3) is 3.75. The van der Waals surface area contributed by atoms with E-state index < -0.39 is 12.1 Å². The zero-order valence-corrected chi connectivity index (χ0v) is 19.0. The molecule has 0 N–H and O–H groups in total. The molecule has 1 saturated heterocycles. The highest BCUT2D eigenvalue weighted by atomic mass is 79.9. The fourth-order valence-corrected chi connectivity index (χ4v) is 4.96. The second-order valence-corrected chi connectivity index (χ2v) is 8.62. The minimum Gasteiger partial charge on any atom is -0.490 e. The largest absolute Gasteiger partial charge is 0.490 e. The minimum absolute atomic E-state index is 0.135. The summed E-state index contributed by atoms with van der Waals surface area (Å²) < 4.78 is 16.6. The Hall–Kier alpha value is -2.68. The highest BCUT2D eigenvalue weighted by molar-refractivity contribution is 9.10. The van der Waals surface area contributed by atoms with Crippen molar-refractivity contribution in [2.45, 2.75) is 26.4 Å². The van der Waals surface area contributed by atoms with E-state index in [0.29, 0.717) is 28.1 Å². The van der Waals surface area contributed by atoms with Crippen LogP contribution in [0.5, 0.6) is 11.5 Å². The van der Waals surface area contributed by atoms with Crippen LogP contribution in [0.15, 0.2) is 33.9 Å². The zero-order valence-electron chi connectivity index (χ0n) is 17.4. The molecule has 1 saturated carbocycles. The topological polar surface area (TPSA) is 94.5 Å². The Morgan fingerprint density at radius 3 is 2.45 bits per heavy atom. The van der Waals surface area contributed by atoms with Crippen LogP contribution in [0, 0.1) is 23.7 Å². The summed E-state index contributed by atoms with van der Waals surface area (Å²) in [6.07, 6.45) is 5.59. The molecule has 31 heavy (non-hydrogen) atoms. The summed E-state index contributed by atoms with van der Waals surface area (Å²) in [7, 11) is 1.29. The first kappa shape index (κ1) is 21.5. The maximum Gasteiger partial charge on any atom is 0.346 e. The van der Waals surface area contributed by atoms with Gasteiger partial charge in [0.15, 0.2) is 17.6 Å². The highest BCUT2D eigenvalue weighted by Crippen LogP contribution is 2.52. The van der Waals surface area contributed by atoms with Gasteiger partial charge < -0.3 is 14.2 Å². The van der Waals surface area contributed by atoms with Gasteiger partial charge in [0, 0.05) is 10.0 Å². The number of halogens is 1. The van der Waals surface area contributed by atoms with Crippen molar-refractivity contribution in [3.63, 3.8) is 0 Å². The fraction of sp³-hybridized carbons (Fsp3) is 0.455. The van der Waals surface area contributed by atoms with E-state index in [-0.39, 0.29) is 35.5 Å². The number of imide groups is 1. The van der Waals surface area contributed by atoms with Crippen LogP contribution in [0.25, 0.3) is 0 Å². The Balaban J connectivity index is 1.56. The van der Waals surface area contributed by atoms with Crippen molar-refractivity contribution in [2.75, 3.05) is 13.7 Å². The van der Waals surface area contributed by atoms with Crippen molar-refractivity contribution in [1.29, 1.82) is 0 Å². The van der Waals surface area contributed by atoms with E-state index in [9.17, 15) is 14.4 Å². The van der Waals surface area contributed by atoms with Gasteiger partial charge in [-0.3, -0.25) is 9.59 Å². The number of esters is 1. The van der Waals surface area contributed by atoms with Gasteiger partial charge >= 0.3 is 5.97 Å². The van der Waals surface area contributed by atoms with Gasteiger partial charge in [0.05, 0.1) is 31.8 Å². The lowest BCUT2D eigenvalue weighted by molar-refractivity contribution is -0.148. The molecular weight excluding hydrogens is 468 g/mol. The molecule has 1 aromatic carbocycles. The summed E-state index contributed by atoms with van der Waals surface area (Å²) in [5.74, 6) is -0.547. The lowest BCUT2D eigenvalue weighted by atomic mass is 9.85. The van der Waals surface area contributed by atoms with Crippen LogP contribution in [-0.2, 0) is 19.1 Å². The predicted octanol–water partition coefficient (Wildman–Crippen LogP) is 2.93. The van der Waals surface area contributed by atoms with Crippen molar-refractivity contribution < 1.29 is 28.6 Å². The van der Waals surface area contributed by atoms with Crippen molar-refractivity contribution in [3.8, 4) is 11.5 Å². The molecule has 2 amide bonds. The van der Waals surface area contributed by atoms with Gasteiger partial charge in [-0.1, -0.05) is 12.2 Å². The average molecular weight is 491 g/mol. The lowest BCUT2D eigenvalue weighted by Gasteiger charge is -2.17.